The molecule has 2 aliphatic heterocycles. The highest BCUT2D eigenvalue weighted by Crippen LogP contribution is 2.35. The number of benzene rings is 1. The molecule has 2 heterocycles. The fourth-order valence-corrected chi connectivity index (χ4v) is 4.18. The third-order valence-electron chi connectivity index (χ3n) is 4.38. The maximum atomic E-state index is 12.4. The van der Waals surface area contributed by atoms with Crippen LogP contribution in [0, 0.1) is 0 Å². The Morgan fingerprint density at radius 3 is 2.76 bits per heavy atom. The first kappa shape index (κ1) is 18.2. The summed E-state index contributed by atoms with van der Waals surface area (Å²) >= 11 is 1.52. The number of amides is 2. The zero-order chi connectivity index (χ0) is 18.0. The number of ether oxygens (including phenoxy) is 1. The Kier molecular flexibility index (Phi) is 5.66. The molecule has 1 aromatic rings. The molecule has 136 valence electrons. The lowest BCUT2D eigenvalue weighted by Crippen LogP contribution is -2.47. The van der Waals surface area contributed by atoms with Gasteiger partial charge in [-0.25, -0.2) is 0 Å². The van der Waals surface area contributed by atoms with Crippen LogP contribution in [0.5, 0.6) is 0 Å². The number of carbonyl (C=O) groups is 2. The normalized spacial score (nSPS) is 26.7. The van der Waals surface area contributed by atoms with E-state index >= 15 is 0 Å². The van der Waals surface area contributed by atoms with Crippen LogP contribution >= 0.6 is 11.8 Å². The first-order valence-electron chi connectivity index (χ1n) is 8.70. The Hall–Kier alpha value is -1.57. The van der Waals surface area contributed by atoms with E-state index in [1.54, 1.807) is 6.07 Å². The largest absolute Gasteiger partial charge is 0.373 e. The van der Waals surface area contributed by atoms with Gasteiger partial charge in [-0.15, -0.1) is 11.8 Å². The maximum absolute atomic E-state index is 12.4. The smallest absolute Gasteiger partial charge is 0.251 e. The third kappa shape index (κ3) is 4.54. The van der Waals surface area contributed by atoms with Gasteiger partial charge in [0.25, 0.3) is 5.91 Å². The molecule has 0 saturated carbocycles. The maximum Gasteiger partial charge on any atom is 0.251 e. The number of rotatable bonds is 4. The predicted molar refractivity (Wildman–Crippen MR) is 99.2 cm³/mol. The van der Waals surface area contributed by atoms with E-state index in [-0.39, 0.29) is 29.3 Å². The highest BCUT2D eigenvalue weighted by atomic mass is 32.2. The van der Waals surface area contributed by atoms with Crippen molar-refractivity contribution in [2.45, 2.75) is 43.1 Å². The van der Waals surface area contributed by atoms with Crippen molar-refractivity contribution in [1.82, 2.24) is 10.2 Å². The van der Waals surface area contributed by atoms with Crippen molar-refractivity contribution >= 4 is 29.3 Å². The number of nitrogens with one attached hydrogen (secondary N) is 2. The lowest BCUT2D eigenvalue weighted by molar-refractivity contribution is -0.115. The van der Waals surface area contributed by atoms with Crippen molar-refractivity contribution < 1.29 is 14.3 Å². The molecular weight excluding hydrogens is 338 g/mol. The number of anilines is 1. The number of carbonyl (C=O) groups excluding carboxylic acids is 2. The topological polar surface area (TPSA) is 70.7 Å². The van der Waals surface area contributed by atoms with Crippen molar-refractivity contribution in [1.29, 1.82) is 0 Å². The Morgan fingerprint density at radius 1 is 1.32 bits per heavy atom. The molecule has 2 amide bonds. The lowest BCUT2D eigenvalue weighted by atomic mass is 10.1. The number of morpholine rings is 1. The zero-order valence-electron chi connectivity index (χ0n) is 14.9. The number of nitrogens with zero attached hydrogens (tertiary/aromatic N) is 1. The van der Waals surface area contributed by atoms with Gasteiger partial charge in [-0.2, -0.15) is 0 Å². The van der Waals surface area contributed by atoms with Gasteiger partial charge in [0.15, 0.2) is 0 Å². The van der Waals surface area contributed by atoms with E-state index in [0.717, 1.165) is 30.2 Å². The molecule has 2 aliphatic rings. The summed E-state index contributed by atoms with van der Waals surface area (Å²) in [6.45, 7) is 9.19. The zero-order valence-corrected chi connectivity index (χ0v) is 15.7. The van der Waals surface area contributed by atoms with Gasteiger partial charge in [0.2, 0.25) is 5.91 Å². The molecule has 0 aliphatic carbocycles. The summed E-state index contributed by atoms with van der Waals surface area (Å²) in [7, 11) is 0. The van der Waals surface area contributed by atoms with Crippen LogP contribution in [-0.2, 0) is 9.53 Å². The molecule has 3 atom stereocenters. The minimum Gasteiger partial charge on any atom is -0.373 e. The molecule has 0 bridgehead atoms. The van der Waals surface area contributed by atoms with Crippen LogP contribution in [0.25, 0.3) is 0 Å². The summed E-state index contributed by atoms with van der Waals surface area (Å²) in [6, 6.07) is 5.46. The van der Waals surface area contributed by atoms with Crippen LogP contribution in [0.1, 0.15) is 31.1 Å². The lowest BCUT2D eigenvalue weighted by Gasteiger charge is -2.35. The van der Waals surface area contributed by atoms with Gasteiger partial charge in [0.1, 0.15) is 0 Å². The summed E-state index contributed by atoms with van der Waals surface area (Å²) in [5.74, 6) is -0.138. The second-order valence-corrected chi connectivity index (χ2v) is 8.12. The Morgan fingerprint density at radius 2 is 2.04 bits per heavy atom. The summed E-state index contributed by atoms with van der Waals surface area (Å²) in [5.41, 5.74) is 1.29. The van der Waals surface area contributed by atoms with Crippen molar-refractivity contribution in [3.05, 3.63) is 23.8 Å². The molecule has 1 fully saturated rings. The molecule has 3 rings (SSSR count). The highest BCUT2D eigenvalue weighted by Gasteiger charge is 2.24. The van der Waals surface area contributed by atoms with E-state index in [2.05, 4.69) is 29.4 Å². The SMILES string of the molecule is C[C@@H]1CN(CCNC(=O)c2ccc3c(c2)NC(=O)[C@H](C)S3)C[C@@H](C)O1. The molecular formula is C18H25N3O3S. The number of thioether (sulfide) groups is 1. The number of hydrogen-bond acceptors (Lipinski definition) is 5. The van der Waals surface area contributed by atoms with E-state index in [1.807, 2.05) is 19.1 Å². The van der Waals surface area contributed by atoms with Gasteiger partial charge in [-0.05, 0) is 39.0 Å². The monoisotopic (exact) mass is 363 g/mol. The second kappa shape index (κ2) is 7.76. The van der Waals surface area contributed by atoms with Gasteiger partial charge in [0.05, 0.1) is 23.1 Å². The van der Waals surface area contributed by atoms with E-state index in [0.29, 0.717) is 12.1 Å². The fourth-order valence-electron chi connectivity index (χ4n) is 3.25. The molecule has 0 aromatic heterocycles. The molecule has 1 saturated heterocycles. The molecule has 0 radical (unpaired) electrons. The summed E-state index contributed by atoms with van der Waals surface area (Å²) < 4.78 is 5.72. The van der Waals surface area contributed by atoms with Gasteiger partial charge in [-0.1, -0.05) is 0 Å². The van der Waals surface area contributed by atoms with E-state index in [1.165, 1.54) is 11.8 Å². The van der Waals surface area contributed by atoms with Crippen molar-refractivity contribution in [3.8, 4) is 0 Å². The summed E-state index contributed by atoms with van der Waals surface area (Å²) in [4.78, 5) is 27.5. The van der Waals surface area contributed by atoms with Crippen molar-refractivity contribution in [2.75, 3.05) is 31.5 Å². The fraction of sp³-hybridized carbons (Fsp3) is 0.556. The third-order valence-corrected chi connectivity index (χ3v) is 5.56. The van der Waals surface area contributed by atoms with Gasteiger partial charge in [0, 0.05) is 36.6 Å². The van der Waals surface area contributed by atoms with E-state index in [9.17, 15) is 9.59 Å². The van der Waals surface area contributed by atoms with Crippen LogP contribution in [0.4, 0.5) is 5.69 Å². The molecule has 25 heavy (non-hydrogen) atoms. The van der Waals surface area contributed by atoms with Gasteiger partial charge < -0.3 is 15.4 Å². The van der Waals surface area contributed by atoms with Crippen molar-refractivity contribution in [2.24, 2.45) is 0 Å². The Bertz CT molecular complexity index is 657. The average molecular weight is 363 g/mol. The van der Waals surface area contributed by atoms with Crippen molar-refractivity contribution in [3.63, 3.8) is 0 Å². The van der Waals surface area contributed by atoms with Gasteiger partial charge >= 0.3 is 0 Å². The minimum atomic E-state index is -0.116. The molecule has 0 spiro atoms. The Balaban J connectivity index is 1.53. The van der Waals surface area contributed by atoms with Crippen LogP contribution in [-0.4, -0.2) is 60.4 Å². The van der Waals surface area contributed by atoms with Gasteiger partial charge in [-0.3, -0.25) is 14.5 Å². The van der Waals surface area contributed by atoms with E-state index < -0.39 is 0 Å². The van der Waals surface area contributed by atoms with Crippen LogP contribution in [0.3, 0.4) is 0 Å². The van der Waals surface area contributed by atoms with Crippen LogP contribution < -0.4 is 10.6 Å². The van der Waals surface area contributed by atoms with Crippen LogP contribution in [0.15, 0.2) is 23.1 Å². The first-order valence-corrected chi connectivity index (χ1v) is 9.58. The van der Waals surface area contributed by atoms with E-state index in [4.69, 9.17) is 4.74 Å². The standard InChI is InChI=1S/C18H25N3O3S/c1-11-9-21(10-12(2)24-11)7-6-19-18(23)14-4-5-16-15(8-14)20-17(22)13(3)25-16/h4-5,8,11-13H,6-7,9-10H2,1-3H3,(H,19,23)(H,20,22)/t11-,12-,13+/m1/s1. The summed E-state index contributed by atoms with van der Waals surface area (Å²) in [6.07, 6.45) is 0.451. The average Bonchev–Trinajstić information content (AvgIpc) is 2.54. The molecule has 2 N–H and O–H groups in total. The predicted octanol–water partition coefficient (Wildman–Crippen LogP) is 1.96. The number of hydrogen-bond donors (Lipinski definition) is 2. The summed E-state index contributed by atoms with van der Waals surface area (Å²) in [5, 5.41) is 5.72. The van der Waals surface area contributed by atoms with Crippen LogP contribution in [0.2, 0.25) is 0 Å². The molecule has 0 unspecified atom stereocenters. The second-order valence-electron chi connectivity index (χ2n) is 6.73. The minimum absolute atomic E-state index is 0.0226. The molecule has 7 heteroatoms. The quantitative estimate of drug-likeness (QED) is 0.856. The Labute approximate surface area is 152 Å². The molecule has 1 aromatic carbocycles. The highest BCUT2D eigenvalue weighted by molar-refractivity contribution is 8.00. The number of fused-ring (bicyclic) bond motifs is 1. The molecule has 6 nitrogen and oxygen atoms in total. The first-order chi connectivity index (χ1) is 11.9.